The smallest absolute Gasteiger partial charge is 0.233 e. The average molecular weight is 305 g/mol. The Bertz CT molecular complexity index is 620. The molecule has 0 bridgehead atoms. The third-order valence-corrected chi connectivity index (χ3v) is 4.13. The summed E-state index contributed by atoms with van der Waals surface area (Å²) in [6, 6.07) is 6.04. The molecular formula is C14H19N5OS. The van der Waals surface area contributed by atoms with Gasteiger partial charge in [-0.05, 0) is 49.2 Å². The summed E-state index contributed by atoms with van der Waals surface area (Å²) in [6.07, 6.45) is 0. The molecule has 0 aliphatic rings. The number of carbonyl (C=O) groups excluding carboxylic acids is 1. The first kappa shape index (κ1) is 15.5. The van der Waals surface area contributed by atoms with Gasteiger partial charge in [0.15, 0.2) is 0 Å². The van der Waals surface area contributed by atoms with Crippen molar-refractivity contribution in [3.8, 4) is 5.69 Å². The van der Waals surface area contributed by atoms with E-state index in [9.17, 15) is 4.79 Å². The molecule has 1 heterocycles. The fourth-order valence-electron chi connectivity index (χ4n) is 2.06. The predicted molar refractivity (Wildman–Crippen MR) is 82.6 cm³/mol. The van der Waals surface area contributed by atoms with Crippen LogP contribution in [-0.2, 0) is 4.79 Å². The van der Waals surface area contributed by atoms with Crippen LogP contribution >= 0.6 is 11.8 Å². The van der Waals surface area contributed by atoms with E-state index in [0.717, 1.165) is 16.8 Å². The number of tetrazole rings is 1. The van der Waals surface area contributed by atoms with Crippen LogP contribution in [0, 0.1) is 13.8 Å². The van der Waals surface area contributed by atoms with Crippen molar-refractivity contribution in [2.24, 2.45) is 0 Å². The minimum absolute atomic E-state index is 0.0152. The molecule has 1 N–H and O–H groups in total. The molecule has 0 saturated carbocycles. The molecule has 7 heteroatoms. The van der Waals surface area contributed by atoms with Crippen molar-refractivity contribution >= 4 is 17.7 Å². The summed E-state index contributed by atoms with van der Waals surface area (Å²) in [5, 5.41) is 15.0. The van der Waals surface area contributed by atoms with Gasteiger partial charge in [0.2, 0.25) is 11.1 Å². The Morgan fingerprint density at radius 1 is 1.38 bits per heavy atom. The van der Waals surface area contributed by atoms with Gasteiger partial charge in [-0.25, -0.2) is 0 Å². The average Bonchev–Trinajstić information content (AvgIpc) is 2.87. The molecule has 0 radical (unpaired) electrons. The number of aromatic nitrogens is 4. The molecule has 112 valence electrons. The van der Waals surface area contributed by atoms with E-state index in [1.54, 1.807) is 4.68 Å². The number of rotatable bonds is 5. The van der Waals surface area contributed by atoms with Gasteiger partial charge in [-0.1, -0.05) is 30.0 Å². The number of thioether (sulfide) groups is 1. The largest absolute Gasteiger partial charge is 0.355 e. The SMILES string of the molecule is CCNC(=O)[C@H](C)Sc1nnnn1-c1c(C)cccc1C. The second-order valence-electron chi connectivity index (χ2n) is 4.77. The van der Waals surface area contributed by atoms with Crippen molar-refractivity contribution < 1.29 is 4.79 Å². The molecule has 0 saturated heterocycles. The third-order valence-electron chi connectivity index (χ3n) is 3.09. The van der Waals surface area contributed by atoms with Crippen LogP contribution in [0.5, 0.6) is 0 Å². The summed E-state index contributed by atoms with van der Waals surface area (Å²) in [7, 11) is 0. The number of amides is 1. The maximum atomic E-state index is 11.8. The molecule has 0 spiro atoms. The van der Waals surface area contributed by atoms with E-state index < -0.39 is 0 Å². The standard InChI is InChI=1S/C14H19N5OS/c1-5-15-13(20)11(4)21-14-16-17-18-19(14)12-9(2)7-6-8-10(12)3/h6-8,11H,5H2,1-4H3,(H,15,20)/t11-/m0/s1. The Hall–Kier alpha value is -1.89. The van der Waals surface area contributed by atoms with Crippen LogP contribution in [-0.4, -0.2) is 37.9 Å². The van der Waals surface area contributed by atoms with E-state index in [0.29, 0.717) is 11.7 Å². The Balaban J connectivity index is 2.29. The molecule has 0 unspecified atom stereocenters. The van der Waals surface area contributed by atoms with Gasteiger partial charge in [0.05, 0.1) is 10.9 Å². The molecule has 2 aromatic rings. The lowest BCUT2D eigenvalue weighted by Crippen LogP contribution is -2.30. The highest BCUT2D eigenvalue weighted by Crippen LogP contribution is 2.26. The quantitative estimate of drug-likeness (QED) is 0.854. The second kappa shape index (κ2) is 6.71. The molecule has 0 aliphatic heterocycles. The van der Waals surface area contributed by atoms with E-state index >= 15 is 0 Å². The number of nitrogens with one attached hydrogen (secondary N) is 1. The van der Waals surface area contributed by atoms with E-state index in [-0.39, 0.29) is 11.2 Å². The van der Waals surface area contributed by atoms with Crippen LogP contribution in [0.1, 0.15) is 25.0 Å². The lowest BCUT2D eigenvalue weighted by molar-refractivity contribution is -0.120. The molecule has 1 aromatic carbocycles. The molecule has 6 nitrogen and oxygen atoms in total. The summed E-state index contributed by atoms with van der Waals surface area (Å²) in [4.78, 5) is 11.8. The minimum Gasteiger partial charge on any atom is -0.355 e. The van der Waals surface area contributed by atoms with Gasteiger partial charge >= 0.3 is 0 Å². The van der Waals surface area contributed by atoms with E-state index in [1.165, 1.54) is 11.8 Å². The molecule has 1 aromatic heterocycles. The Labute approximate surface area is 128 Å². The van der Waals surface area contributed by atoms with Gasteiger partial charge in [-0.3, -0.25) is 4.79 Å². The van der Waals surface area contributed by atoms with Crippen LogP contribution in [0.2, 0.25) is 0 Å². The predicted octanol–water partition coefficient (Wildman–Crippen LogP) is 1.90. The first-order valence-electron chi connectivity index (χ1n) is 6.84. The van der Waals surface area contributed by atoms with Crippen LogP contribution in [0.3, 0.4) is 0 Å². The topological polar surface area (TPSA) is 72.7 Å². The van der Waals surface area contributed by atoms with Crippen molar-refractivity contribution in [3.63, 3.8) is 0 Å². The zero-order valence-corrected chi connectivity index (χ0v) is 13.4. The van der Waals surface area contributed by atoms with Crippen LogP contribution < -0.4 is 5.32 Å². The van der Waals surface area contributed by atoms with Crippen LogP contribution in [0.25, 0.3) is 5.69 Å². The highest BCUT2D eigenvalue weighted by Gasteiger charge is 2.19. The number of hydrogen-bond acceptors (Lipinski definition) is 5. The van der Waals surface area contributed by atoms with E-state index in [1.807, 2.05) is 45.9 Å². The molecule has 0 aliphatic carbocycles. The normalized spacial score (nSPS) is 12.2. The van der Waals surface area contributed by atoms with Crippen molar-refractivity contribution in [1.82, 2.24) is 25.5 Å². The molecular weight excluding hydrogens is 286 g/mol. The van der Waals surface area contributed by atoms with E-state index in [4.69, 9.17) is 0 Å². The Morgan fingerprint density at radius 3 is 2.67 bits per heavy atom. The number of para-hydroxylation sites is 1. The molecule has 0 fully saturated rings. The van der Waals surface area contributed by atoms with Gasteiger partial charge in [0.25, 0.3) is 0 Å². The van der Waals surface area contributed by atoms with Gasteiger partial charge in [-0.2, -0.15) is 4.68 Å². The van der Waals surface area contributed by atoms with Gasteiger partial charge in [-0.15, -0.1) is 5.10 Å². The number of carbonyl (C=O) groups is 1. The highest BCUT2D eigenvalue weighted by molar-refractivity contribution is 8.00. The summed E-state index contributed by atoms with van der Waals surface area (Å²) in [5.74, 6) is -0.0152. The monoisotopic (exact) mass is 305 g/mol. The fraction of sp³-hybridized carbons (Fsp3) is 0.429. The summed E-state index contributed by atoms with van der Waals surface area (Å²) < 4.78 is 1.70. The molecule has 2 rings (SSSR count). The van der Waals surface area contributed by atoms with Crippen molar-refractivity contribution in [2.75, 3.05) is 6.54 Å². The highest BCUT2D eigenvalue weighted by atomic mass is 32.2. The maximum Gasteiger partial charge on any atom is 0.233 e. The number of aryl methyl sites for hydroxylation is 2. The van der Waals surface area contributed by atoms with Crippen LogP contribution in [0.4, 0.5) is 0 Å². The Morgan fingerprint density at radius 2 is 2.05 bits per heavy atom. The Kier molecular flexibility index (Phi) is 4.95. The number of benzene rings is 1. The van der Waals surface area contributed by atoms with Crippen molar-refractivity contribution in [1.29, 1.82) is 0 Å². The summed E-state index contributed by atoms with van der Waals surface area (Å²) in [6.45, 7) is 8.40. The maximum absolute atomic E-state index is 11.8. The summed E-state index contributed by atoms with van der Waals surface area (Å²) >= 11 is 1.35. The number of nitrogens with zero attached hydrogens (tertiary/aromatic N) is 4. The van der Waals surface area contributed by atoms with Gasteiger partial charge in [0, 0.05) is 6.54 Å². The zero-order valence-electron chi connectivity index (χ0n) is 12.6. The van der Waals surface area contributed by atoms with Crippen molar-refractivity contribution in [3.05, 3.63) is 29.3 Å². The zero-order chi connectivity index (χ0) is 15.4. The molecule has 21 heavy (non-hydrogen) atoms. The first-order valence-corrected chi connectivity index (χ1v) is 7.72. The summed E-state index contributed by atoms with van der Waals surface area (Å²) in [5.41, 5.74) is 3.15. The number of hydrogen-bond donors (Lipinski definition) is 1. The second-order valence-corrected chi connectivity index (χ2v) is 6.08. The molecule has 1 atom stereocenters. The lowest BCUT2D eigenvalue weighted by atomic mass is 10.1. The van der Waals surface area contributed by atoms with Crippen molar-refractivity contribution in [2.45, 2.75) is 38.1 Å². The first-order chi connectivity index (χ1) is 10.0. The third kappa shape index (κ3) is 3.41. The van der Waals surface area contributed by atoms with Gasteiger partial charge < -0.3 is 5.32 Å². The van der Waals surface area contributed by atoms with E-state index in [2.05, 4.69) is 20.8 Å². The van der Waals surface area contributed by atoms with Gasteiger partial charge in [0.1, 0.15) is 0 Å². The van der Waals surface area contributed by atoms with Crippen LogP contribution in [0.15, 0.2) is 23.4 Å². The lowest BCUT2D eigenvalue weighted by Gasteiger charge is -2.13. The molecule has 1 amide bonds. The fourth-order valence-corrected chi connectivity index (χ4v) is 2.88. The minimum atomic E-state index is -0.251.